The van der Waals surface area contributed by atoms with Crippen LogP contribution in [0.1, 0.15) is 17.9 Å². The average molecular weight is 319 g/mol. The van der Waals surface area contributed by atoms with Crippen molar-refractivity contribution in [1.82, 2.24) is 4.98 Å². The molecule has 3 nitrogen and oxygen atoms in total. The Kier molecular flexibility index (Phi) is 4.17. The molecule has 2 unspecified atom stereocenters. The van der Waals surface area contributed by atoms with Crippen molar-refractivity contribution in [2.75, 3.05) is 10.7 Å². The minimum atomic E-state index is -0.0384. The van der Waals surface area contributed by atoms with Gasteiger partial charge in [-0.2, -0.15) is 0 Å². The van der Waals surface area contributed by atoms with Gasteiger partial charge in [0.05, 0.1) is 0 Å². The summed E-state index contributed by atoms with van der Waals surface area (Å²) in [6, 6.07) is 11.3. The van der Waals surface area contributed by atoms with Gasteiger partial charge in [0.1, 0.15) is 5.37 Å². The molecule has 0 N–H and O–H groups in total. The highest BCUT2D eigenvalue weighted by Gasteiger charge is 2.35. The Hall–Kier alpha value is -1.52. The van der Waals surface area contributed by atoms with E-state index in [0.29, 0.717) is 5.02 Å². The lowest BCUT2D eigenvalue weighted by atomic mass is 10.1. The molecule has 3 rings (SSSR count). The van der Waals surface area contributed by atoms with Gasteiger partial charge in [-0.05, 0) is 30.3 Å². The molecule has 2 heterocycles. The van der Waals surface area contributed by atoms with Gasteiger partial charge in [-0.3, -0.25) is 14.7 Å². The van der Waals surface area contributed by atoms with Crippen LogP contribution >= 0.6 is 23.4 Å². The third-order valence-electron chi connectivity index (χ3n) is 3.47. The van der Waals surface area contributed by atoms with Crippen LogP contribution in [0.5, 0.6) is 0 Å². The summed E-state index contributed by atoms with van der Waals surface area (Å²) in [5.41, 5.74) is 1.91. The number of rotatable bonds is 2. The fourth-order valence-corrected chi connectivity index (χ4v) is 3.81. The molecule has 2 atom stereocenters. The summed E-state index contributed by atoms with van der Waals surface area (Å²) in [4.78, 5) is 18.7. The maximum atomic E-state index is 12.7. The van der Waals surface area contributed by atoms with Crippen molar-refractivity contribution in [3.05, 3.63) is 59.4 Å². The molecule has 21 heavy (non-hydrogen) atoms. The second-order valence-corrected chi connectivity index (χ2v) is 6.61. The topological polar surface area (TPSA) is 33.2 Å². The molecule has 0 saturated carbocycles. The summed E-state index contributed by atoms with van der Waals surface area (Å²) in [5, 5.41) is 0.630. The number of thioether (sulfide) groups is 1. The van der Waals surface area contributed by atoms with Crippen LogP contribution in [0.4, 0.5) is 5.69 Å². The van der Waals surface area contributed by atoms with E-state index in [1.165, 1.54) is 0 Å². The van der Waals surface area contributed by atoms with Crippen molar-refractivity contribution in [2.24, 2.45) is 5.92 Å². The second kappa shape index (κ2) is 6.08. The van der Waals surface area contributed by atoms with Gasteiger partial charge >= 0.3 is 0 Å². The third-order valence-corrected chi connectivity index (χ3v) is 5.22. The first-order valence-electron chi connectivity index (χ1n) is 6.77. The molecule has 1 aromatic heterocycles. The van der Waals surface area contributed by atoms with Gasteiger partial charge in [0.15, 0.2) is 0 Å². The van der Waals surface area contributed by atoms with Crippen LogP contribution in [-0.2, 0) is 4.79 Å². The van der Waals surface area contributed by atoms with E-state index in [-0.39, 0.29) is 17.2 Å². The Balaban J connectivity index is 2.01. The van der Waals surface area contributed by atoms with Crippen LogP contribution in [0.25, 0.3) is 0 Å². The van der Waals surface area contributed by atoms with Gasteiger partial charge in [-0.1, -0.05) is 24.6 Å². The van der Waals surface area contributed by atoms with E-state index < -0.39 is 0 Å². The number of halogens is 1. The zero-order valence-electron chi connectivity index (χ0n) is 11.6. The van der Waals surface area contributed by atoms with E-state index in [1.54, 1.807) is 18.0 Å². The predicted molar refractivity (Wildman–Crippen MR) is 87.5 cm³/mol. The van der Waals surface area contributed by atoms with Gasteiger partial charge in [-0.15, -0.1) is 11.8 Å². The number of benzene rings is 1. The smallest absolute Gasteiger partial charge is 0.231 e. The third kappa shape index (κ3) is 2.92. The highest BCUT2D eigenvalue weighted by molar-refractivity contribution is 7.99. The highest BCUT2D eigenvalue weighted by atomic mass is 35.5. The summed E-state index contributed by atoms with van der Waals surface area (Å²) >= 11 is 7.72. The SMILES string of the molecule is CC1CSC(c2cccnc2)N(c2ccc(Cl)cc2)C1=O. The Bertz CT molecular complexity index is 632. The maximum Gasteiger partial charge on any atom is 0.231 e. The summed E-state index contributed by atoms with van der Waals surface area (Å²) in [6.07, 6.45) is 3.57. The summed E-state index contributed by atoms with van der Waals surface area (Å²) in [7, 11) is 0. The number of amides is 1. The number of pyridine rings is 1. The average Bonchev–Trinajstić information content (AvgIpc) is 2.52. The normalized spacial score (nSPS) is 22.4. The quantitative estimate of drug-likeness (QED) is 0.834. The van der Waals surface area contributed by atoms with Gasteiger partial charge in [0.25, 0.3) is 0 Å². The standard InChI is InChI=1S/C16H15ClN2OS/c1-11-10-21-16(12-3-2-8-18-9-12)19(15(11)20)14-6-4-13(17)5-7-14/h2-9,11,16H,10H2,1H3. The predicted octanol–water partition coefficient (Wildman–Crippen LogP) is 4.15. The van der Waals surface area contributed by atoms with E-state index in [9.17, 15) is 4.79 Å². The first kappa shape index (κ1) is 14.4. The molecule has 108 valence electrons. The first-order valence-corrected chi connectivity index (χ1v) is 8.19. The zero-order valence-corrected chi connectivity index (χ0v) is 13.1. The summed E-state index contributed by atoms with van der Waals surface area (Å²) in [6.45, 7) is 1.97. The molecule has 0 radical (unpaired) electrons. The van der Waals surface area contributed by atoms with E-state index in [1.807, 2.05) is 54.4 Å². The van der Waals surface area contributed by atoms with Crippen molar-refractivity contribution in [3.63, 3.8) is 0 Å². The Morgan fingerprint density at radius 3 is 2.71 bits per heavy atom. The van der Waals surface area contributed by atoms with Crippen LogP contribution in [-0.4, -0.2) is 16.6 Å². The molecule has 2 aromatic rings. The molecule has 1 aliphatic heterocycles. The molecule has 0 bridgehead atoms. The fraction of sp³-hybridized carbons (Fsp3) is 0.250. The van der Waals surface area contributed by atoms with Crippen LogP contribution < -0.4 is 4.90 Å². The lowest BCUT2D eigenvalue weighted by molar-refractivity contribution is -0.121. The molecule has 0 spiro atoms. The lowest BCUT2D eigenvalue weighted by Gasteiger charge is -2.38. The number of carbonyl (C=O) groups excluding carboxylic acids is 1. The van der Waals surface area contributed by atoms with Crippen molar-refractivity contribution >= 4 is 35.0 Å². The van der Waals surface area contributed by atoms with Crippen LogP contribution in [0.2, 0.25) is 5.02 Å². The number of aromatic nitrogens is 1. The first-order chi connectivity index (χ1) is 10.2. The van der Waals surface area contributed by atoms with Crippen LogP contribution in [0.15, 0.2) is 48.8 Å². The number of hydrogen-bond donors (Lipinski definition) is 0. The van der Waals surface area contributed by atoms with Crippen molar-refractivity contribution in [3.8, 4) is 0 Å². The molecule has 0 aliphatic carbocycles. The number of nitrogens with zero attached hydrogens (tertiary/aromatic N) is 2. The molecule has 5 heteroatoms. The maximum absolute atomic E-state index is 12.7. The molecule has 1 aliphatic rings. The van der Waals surface area contributed by atoms with Crippen LogP contribution in [0.3, 0.4) is 0 Å². The second-order valence-electron chi connectivity index (χ2n) is 5.06. The van der Waals surface area contributed by atoms with E-state index in [4.69, 9.17) is 11.6 Å². The molecule has 1 aromatic carbocycles. The van der Waals surface area contributed by atoms with Gasteiger partial charge in [0.2, 0.25) is 5.91 Å². The number of carbonyl (C=O) groups is 1. The van der Waals surface area contributed by atoms with Crippen LogP contribution in [0, 0.1) is 5.92 Å². The minimum Gasteiger partial charge on any atom is -0.295 e. The molecular formula is C16H15ClN2OS. The van der Waals surface area contributed by atoms with E-state index in [2.05, 4.69) is 4.98 Å². The monoisotopic (exact) mass is 318 g/mol. The Morgan fingerprint density at radius 1 is 1.29 bits per heavy atom. The largest absolute Gasteiger partial charge is 0.295 e. The van der Waals surface area contributed by atoms with Gasteiger partial charge < -0.3 is 0 Å². The molecule has 1 amide bonds. The van der Waals surface area contributed by atoms with E-state index in [0.717, 1.165) is 17.0 Å². The van der Waals surface area contributed by atoms with Crippen molar-refractivity contribution in [2.45, 2.75) is 12.3 Å². The fourth-order valence-electron chi connectivity index (χ4n) is 2.37. The molecule has 1 fully saturated rings. The highest BCUT2D eigenvalue weighted by Crippen LogP contribution is 2.41. The number of anilines is 1. The van der Waals surface area contributed by atoms with Gasteiger partial charge in [0, 0.05) is 40.3 Å². The summed E-state index contributed by atoms with van der Waals surface area (Å²) in [5.74, 6) is 0.978. The molecule has 1 saturated heterocycles. The Labute approximate surface area is 133 Å². The minimum absolute atomic E-state index is 0.0126. The lowest BCUT2D eigenvalue weighted by Crippen LogP contribution is -2.42. The van der Waals surface area contributed by atoms with Crippen molar-refractivity contribution in [1.29, 1.82) is 0 Å². The molecular weight excluding hydrogens is 304 g/mol. The number of hydrogen-bond acceptors (Lipinski definition) is 3. The van der Waals surface area contributed by atoms with Crippen molar-refractivity contribution < 1.29 is 4.79 Å². The van der Waals surface area contributed by atoms with Gasteiger partial charge in [-0.25, -0.2) is 0 Å². The zero-order chi connectivity index (χ0) is 14.8. The Morgan fingerprint density at radius 2 is 2.05 bits per heavy atom. The van der Waals surface area contributed by atoms with E-state index >= 15 is 0 Å². The summed E-state index contributed by atoms with van der Waals surface area (Å²) < 4.78 is 0.